The first kappa shape index (κ1) is 17.0. The highest BCUT2D eigenvalue weighted by Crippen LogP contribution is 2.33. The van der Waals surface area contributed by atoms with Gasteiger partial charge in [-0.05, 0) is 43.4 Å². The van der Waals surface area contributed by atoms with Crippen molar-refractivity contribution in [1.29, 1.82) is 0 Å². The molecule has 0 radical (unpaired) electrons. The maximum Gasteiger partial charge on any atom is 0.317 e. The second-order valence-corrected chi connectivity index (χ2v) is 7.23. The van der Waals surface area contributed by atoms with Gasteiger partial charge in [0.1, 0.15) is 5.60 Å². The van der Waals surface area contributed by atoms with E-state index >= 15 is 0 Å². The summed E-state index contributed by atoms with van der Waals surface area (Å²) in [6.07, 6.45) is 2.95. The maximum atomic E-state index is 12.3. The Kier molecular flexibility index (Phi) is 4.69. The minimum absolute atomic E-state index is 0.0670. The number of nitrogens with zero attached hydrogens (tertiary/aromatic N) is 1. The number of aliphatic hydroxyl groups is 1. The standard InChI is InChI=1S/C17H22ClN3O3/c18-13-5-3-12(4-6-13)17(24)9-21(10-17)16(23)20-14-7-1-11(2-8-14)15(19)22/h3-6,11,14,24H,1-2,7-10H2,(H2,19,22)(H,20,23). The van der Waals surface area contributed by atoms with Crippen molar-refractivity contribution in [2.75, 3.05) is 13.1 Å². The van der Waals surface area contributed by atoms with Crippen molar-refractivity contribution in [1.82, 2.24) is 10.2 Å². The van der Waals surface area contributed by atoms with Gasteiger partial charge in [-0.3, -0.25) is 4.79 Å². The molecule has 0 aromatic heterocycles. The third-order valence-corrected chi connectivity index (χ3v) is 5.28. The molecule has 1 aliphatic carbocycles. The summed E-state index contributed by atoms with van der Waals surface area (Å²) < 4.78 is 0. The van der Waals surface area contributed by atoms with Gasteiger partial charge >= 0.3 is 6.03 Å². The number of likely N-dealkylation sites (tertiary alicyclic amines) is 1. The molecule has 6 nitrogen and oxygen atoms in total. The van der Waals surface area contributed by atoms with Gasteiger partial charge in [0, 0.05) is 17.0 Å². The number of hydrogen-bond acceptors (Lipinski definition) is 3. The second kappa shape index (κ2) is 6.61. The van der Waals surface area contributed by atoms with Gasteiger partial charge in [-0.25, -0.2) is 4.79 Å². The molecule has 4 N–H and O–H groups in total. The summed E-state index contributed by atoms with van der Waals surface area (Å²) >= 11 is 5.86. The lowest BCUT2D eigenvalue weighted by Crippen LogP contribution is -2.64. The van der Waals surface area contributed by atoms with E-state index in [0.717, 1.165) is 31.2 Å². The average molecular weight is 352 g/mol. The number of hydrogen-bond donors (Lipinski definition) is 3. The molecule has 2 aliphatic rings. The van der Waals surface area contributed by atoms with Crippen LogP contribution in [0.3, 0.4) is 0 Å². The summed E-state index contributed by atoms with van der Waals surface area (Å²) in [5.41, 5.74) is 5.07. The third-order valence-electron chi connectivity index (χ3n) is 5.03. The van der Waals surface area contributed by atoms with Crippen LogP contribution in [0.1, 0.15) is 31.2 Å². The number of nitrogens with two attached hydrogens (primary N) is 1. The fourth-order valence-corrected chi connectivity index (χ4v) is 3.59. The fraction of sp³-hybridized carbons (Fsp3) is 0.529. The van der Waals surface area contributed by atoms with Crippen molar-refractivity contribution in [3.8, 4) is 0 Å². The highest BCUT2D eigenvalue weighted by Gasteiger charge is 2.45. The number of rotatable bonds is 3. The normalized spacial score (nSPS) is 25.7. The van der Waals surface area contributed by atoms with Gasteiger partial charge in [-0.1, -0.05) is 23.7 Å². The van der Waals surface area contributed by atoms with E-state index in [4.69, 9.17) is 17.3 Å². The van der Waals surface area contributed by atoms with Crippen LogP contribution >= 0.6 is 11.6 Å². The first-order valence-corrected chi connectivity index (χ1v) is 8.58. The third kappa shape index (κ3) is 3.49. The summed E-state index contributed by atoms with van der Waals surface area (Å²) in [4.78, 5) is 25.0. The minimum Gasteiger partial charge on any atom is -0.381 e. The lowest BCUT2D eigenvalue weighted by atomic mass is 9.85. The SMILES string of the molecule is NC(=O)C1CCC(NC(=O)N2CC(O)(c3ccc(Cl)cc3)C2)CC1. The Morgan fingerprint density at radius 2 is 1.75 bits per heavy atom. The van der Waals surface area contributed by atoms with E-state index in [0.29, 0.717) is 5.02 Å². The van der Waals surface area contributed by atoms with E-state index < -0.39 is 5.60 Å². The van der Waals surface area contributed by atoms with Crippen LogP contribution in [-0.2, 0) is 10.4 Å². The van der Waals surface area contributed by atoms with E-state index in [1.807, 2.05) is 0 Å². The number of carbonyl (C=O) groups excluding carboxylic acids is 2. The predicted molar refractivity (Wildman–Crippen MR) is 90.4 cm³/mol. The van der Waals surface area contributed by atoms with Crippen LogP contribution in [0.15, 0.2) is 24.3 Å². The maximum absolute atomic E-state index is 12.3. The molecule has 3 amide bonds. The zero-order chi connectivity index (χ0) is 17.3. The lowest BCUT2D eigenvalue weighted by Gasteiger charge is -2.47. The van der Waals surface area contributed by atoms with E-state index in [1.54, 1.807) is 29.2 Å². The van der Waals surface area contributed by atoms with Crippen LogP contribution in [0, 0.1) is 5.92 Å². The monoisotopic (exact) mass is 351 g/mol. The summed E-state index contributed by atoms with van der Waals surface area (Å²) in [6, 6.07) is 6.92. The summed E-state index contributed by atoms with van der Waals surface area (Å²) in [6.45, 7) is 0.522. The van der Waals surface area contributed by atoms with Crippen molar-refractivity contribution in [2.45, 2.75) is 37.3 Å². The number of carbonyl (C=O) groups is 2. The Morgan fingerprint density at radius 1 is 1.17 bits per heavy atom. The highest BCUT2D eigenvalue weighted by molar-refractivity contribution is 6.30. The first-order chi connectivity index (χ1) is 11.4. The number of benzene rings is 1. The van der Waals surface area contributed by atoms with E-state index in [1.165, 1.54) is 0 Å². The van der Waals surface area contributed by atoms with Crippen LogP contribution in [0.4, 0.5) is 4.79 Å². The molecule has 24 heavy (non-hydrogen) atoms. The summed E-state index contributed by atoms with van der Waals surface area (Å²) in [5.74, 6) is -0.326. The van der Waals surface area contributed by atoms with Crippen LogP contribution in [0.5, 0.6) is 0 Å². The van der Waals surface area contributed by atoms with Crippen LogP contribution in [0.2, 0.25) is 5.02 Å². The molecule has 1 heterocycles. The van der Waals surface area contributed by atoms with Crippen LogP contribution in [0.25, 0.3) is 0 Å². The van der Waals surface area contributed by atoms with Crippen molar-refractivity contribution in [3.05, 3.63) is 34.9 Å². The average Bonchev–Trinajstić information content (AvgIpc) is 2.53. The van der Waals surface area contributed by atoms with Gasteiger partial charge in [-0.15, -0.1) is 0 Å². The van der Waals surface area contributed by atoms with Crippen LogP contribution < -0.4 is 11.1 Å². The molecule has 7 heteroatoms. The van der Waals surface area contributed by atoms with Crippen molar-refractivity contribution < 1.29 is 14.7 Å². The fourth-order valence-electron chi connectivity index (χ4n) is 3.46. The van der Waals surface area contributed by atoms with Gasteiger partial charge in [0.2, 0.25) is 5.91 Å². The van der Waals surface area contributed by atoms with Gasteiger partial charge in [0.15, 0.2) is 0 Å². The molecule has 3 rings (SSSR count). The van der Waals surface area contributed by atoms with E-state index in [9.17, 15) is 14.7 Å². The molecular weight excluding hydrogens is 330 g/mol. The second-order valence-electron chi connectivity index (χ2n) is 6.79. The number of nitrogens with one attached hydrogen (secondary N) is 1. The molecule has 130 valence electrons. The largest absolute Gasteiger partial charge is 0.381 e. The number of urea groups is 1. The first-order valence-electron chi connectivity index (χ1n) is 8.20. The Balaban J connectivity index is 1.48. The molecular formula is C17H22ClN3O3. The molecule has 0 bridgehead atoms. The Bertz CT molecular complexity index is 620. The summed E-state index contributed by atoms with van der Waals surface area (Å²) in [7, 11) is 0. The molecule has 1 aromatic rings. The molecule has 0 spiro atoms. The smallest absolute Gasteiger partial charge is 0.317 e. The van der Waals surface area contributed by atoms with E-state index in [-0.39, 0.29) is 37.0 Å². The quantitative estimate of drug-likeness (QED) is 0.771. The molecule has 1 aromatic carbocycles. The molecule has 0 unspecified atom stereocenters. The Morgan fingerprint density at radius 3 is 2.29 bits per heavy atom. The zero-order valence-electron chi connectivity index (χ0n) is 13.4. The van der Waals surface area contributed by atoms with Crippen LogP contribution in [-0.4, -0.2) is 41.1 Å². The molecule has 2 fully saturated rings. The number of β-amino-alcohol motifs (C(OH)–C–C–N with tert-alkyl or cyclic N) is 1. The van der Waals surface area contributed by atoms with Gasteiger partial charge < -0.3 is 21.1 Å². The number of amides is 3. The number of primary amides is 1. The van der Waals surface area contributed by atoms with Crippen molar-refractivity contribution >= 4 is 23.5 Å². The van der Waals surface area contributed by atoms with Gasteiger partial charge in [0.05, 0.1) is 13.1 Å². The van der Waals surface area contributed by atoms with Crippen molar-refractivity contribution in [3.63, 3.8) is 0 Å². The molecule has 1 saturated heterocycles. The highest BCUT2D eigenvalue weighted by atomic mass is 35.5. The molecule has 0 atom stereocenters. The van der Waals surface area contributed by atoms with Crippen molar-refractivity contribution in [2.24, 2.45) is 11.7 Å². The molecule has 1 aliphatic heterocycles. The summed E-state index contributed by atoms with van der Waals surface area (Å²) in [5, 5.41) is 14.2. The van der Waals surface area contributed by atoms with E-state index in [2.05, 4.69) is 5.32 Å². The Labute approximate surface area is 146 Å². The van der Waals surface area contributed by atoms with Gasteiger partial charge in [0.25, 0.3) is 0 Å². The van der Waals surface area contributed by atoms with Gasteiger partial charge in [-0.2, -0.15) is 0 Å². The number of halogens is 1. The lowest BCUT2D eigenvalue weighted by molar-refractivity contribution is -0.122. The predicted octanol–water partition coefficient (Wildman–Crippen LogP) is 1.60. The zero-order valence-corrected chi connectivity index (χ0v) is 14.1. The Hall–Kier alpha value is -1.79. The minimum atomic E-state index is -1.01. The molecule has 1 saturated carbocycles. The topological polar surface area (TPSA) is 95.7 Å².